The Morgan fingerprint density at radius 2 is 1.65 bits per heavy atom. The van der Waals surface area contributed by atoms with E-state index >= 15 is 0 Å². The Labute approximate surface area is 204 Å². The minimum absolute atomic E-state index is 0.0452. The zero-order valence-electron chi connectivity index (χ0n) is 19.5. The molecule has 7 heteroatoms. The van der Waals surface area contributed by atoms with Crippen LogP contribution in [0.15, 0.2) is 76.8 Å². The normalized spacial score (nSPS) is 18.8. The molecule has 1 amide bonds. The van der Waals surface area contributed by atoms with Gasteiger partial charge < -0.3 is 14.2 Å². The fourth-order valence-electron chi connectivity index (χ4n) is 4.28. The number of carbonyl (C=O) groups excluding carboxylic acids is 1. The van der Waals surface area contributed by atoms with Crippen molar-refractivity contribution in [2.45, 2.75) is 19.3 Å². The third kappa shape index (κ3) is 4.61. The number of carbonyl (C=O) groups is 1. The molecule has 2 aliphatic rings. The molecule has 0 radical (unpaired) electrons. The van der Waals surface area contributed by atoms with Gasteiger partial charge in [-0.1, -0.05) is 0 Å². The summed E-state index contributed by atoms with van der Waals surface area (Å²) in [5, 5.41) is 0.685. The van der Waals surface area contributed by atoms with Gasteiger partial charge in [0.1, 0.15) is 5.75 Å². The summed E-state index contributed by atoms with van der Waals surface area (Å²) in [6.45, 7) is 2.24. The molecule has 0 N–H and O–H groups in total. The first-order chi connectivity index (χ1) is 16.6. The van der Waals surface area contributed by atoms with E-state index in [9.17, 15) is 4.79 Å². The summed E-state index contributed by atoms with van der Waals surface area (Å²) in [5.74, 6) is 0.764. The first-order valence-electron chi connectivity index (χ1n) is 11.6. The Bertz CT molecular complexity index is 1220. The van der Waals surface area contributed by atoms with Gasteiger partial charge in [0.05, 0.1) is 17.7 Å². The molecule has 5 rings (SSSR count). The Hall–Kier alpha value is -3.45. The van der Waals surface area contributed by atoms with Gasteiger partial charge in [-0.25, -0.2) is 4.99 Å². The van der Waals surface area contributed by atoms with E-state index in [1.807, 2.05) is 60.8 Å². The van der Waals surface area contributed by atoms with E-state index < -0.39 is 0 Å². The molecule has 2 fully saturated rings. The van der Waals surface area contributed by atoms with Crippen LogP contribution in [-0.2, 0) is 4.79 Å². The summed E-state index contributed by atoms with van der Waals surface area (Å²) in [6.07, 6.45) is 7.74. The first-order valence-corrected chi connectivity index (χ1v) is 12.4. The maximum atomic E-state index is 12.9. The summed E-state index contributed by atoms with van der Waals surface area (Å²) in [5.41, 5.74) is 4.03. The zero-order chi connectivity index (χ0) is 23.5. The Morgan fingerprint density at radius 3 is 2.35 bits per heavy atom. The Morgan fingerprint density at radius 1 is 0.941 bits per heavy atom. The summed E-state index contributed by atoms with van der Waals surface area (Å²) in [4.78, 5) is 22.4. The van der Waals surface area contributed by atoms with Crippen molar-refractivity contribution in [2.24, 2.45) is 4.99 Å². The highest BCUT2D eigenvalue weighted by Gasteiger charge is 2.30. The van der Waals surface area contributed by atoms with Gasteiger partial charge >= 0.3 is 0 Å². The van der Waals surface area contributed by atoms with Crippen LogP contribution in [0.1, 0.15) is 25.0 Å². The molecule has 3 heterocycles. The monoisotopic (exact) mass is 472 g/mol. The van der Waals surface area contributed by atoms with E-state index in [1.165, 1.54) is 36.7 Å². The molecule has 0 saturated carbocycles. The highest BCUT2D eigenvalue weighted by atomic mass is 32.2. The molecule has 1 aromatic heterocycles. The summed E-state index contributed by atoms with van der Waals surface area (Å²) < 4.78 is 7.31. The number of aromatic nitrogens is 1. The molecule has 3 aromatic rings. The number of methoxy groups -OCH3 is 1. The fourth-order valence-corrected chi connectivity index (χ4v) is 5.25. The molecule has 0 aliphatic carbocycles. The van der Waals surface area contributed by atoms with E-state index in [-0.39, 0.29) is 5.91 Å². The second-order valence-electron chi connectivity index (χ2n) is 8.43. The van der Waals surface area contributed by atoms with E-state index in [1.54, 1.807) is 19.1 Å². The third-order valence-electron chi connectivity index (χ3n) is 6.21. The summed E-state index contributed by atoms with van der Waals surface area (Å²) in [7, 11) is 3.43. The minimum atomic E-state index is -0.0452. The predicted octanol–water partition coefficient (Wildman–Crippen LogP) is 5.71. The number of rotatable bonds is 5. The minimum Gasteiger partial charge on any atom is -0.497 e. The number of anilines is 1. The van der Waals surface area contributed by atoms with Gasteiger partial charge in [-0.3, -0.25) is 9.69 Å². The van der Waals surface area contributed by atoms with Gasteiger partial charge in [0, 0.05) is 43.4 Å². The lowest BCUT2D eigenvalue weighted by Gasteiger charge is -2.28. The lowest BCUT2D eigenvalue weighted by molar-refractivity contribution is -0.121. The first kappa shape index (κ1) is 22.3. The second-order valence-corrected chi connectivity index (χ2v) is 9.44. The van der Waals surface area contributed by atoms with Crippen LogP contribution in [0, 0.1) is 0 Å². The molecule has 2 aliphatic heterocycles. The Balaban J connectivity index is 1.35. The van der Waals surface area contributed by atoms with Crippen LogP contribution in [-0.4, -0.2) is 47.8 Å². The van der Waals surface area contributed by atoms with Crippen LogP contribution >= 0.6 is 11.8 Å². The quantitative estimate of drug-likeness (QED) is 0.446. The highest BCUT2D eigenvalue weighted by molar-refractivity contribution is 8.18. The predicted molar refractivity (Wildman–Crippen MR) is 140 cm³/mol. The SMILES string of the molecule is COc1ccc(-n2cccc2/C=C2\SC(=Nc3ccc(N4CCCCC4)cc3)N(C)C2=O)cc1. The number of hydrogen-bond acceptors (Lipinski definition) is 5. The highest BCUT2D eigenvalue weighted by Crippen LogP contribution is 2.34. The van der Waals surface area contributed by atoms with Crippen molar-refractivity contribution >= 4 is 40.3 Å². The lowest BCUT2D eigenvalue weighted by Crippen LogP contribution is -2.29. The van der Waals surface area contributed by atoms with Crippen molar-refractivity contribution < 1.29 is 9.53 Å². The van der Waals surface area contributed by atoms with Crippen molar-refractivity contribution in [2.75, 3.05) is 32.1 Å². The number of amides is 1. The van der Waals surface area contributed by atoms with Crippen LogP contribution in [0.2, 0.25) is 0 Å². The molecule has 0 bridgehead atoms. The standard InChI is InChI=1S/C27H28N4O2S/c1-29-26(32)25(19-23-7-6-18-31(23)22-12-14-24(33-2)15-13-22)34-27(29)28-20-8-10-21(11-9-20)30-16-4-3-5-17-30/h6-15,18-19H,3-5,16-17H2,1-2H3/b25-19-,28-27?. The Kier molecular flexibility index (Phi) is 6.45. The average Bonchev–Trinajstić information content (AvgIpc) is 3.45. The maximum absolute atomic E-state index is 12.9. The molecule has 2 saturated heterocycles. The topological polar surface area (TPSA) is 50.1 Å². The molecular formula is C27H28N4O2S. The average molecular weight is 473 g/mol. The third-order valence-corrected chi connectivity index (χ3v) is 7.27. The molecule has 0 atom stereocenters. The number of benzene rings is 2. The zero-order valence-corrected chi connectivity index (χ0v) is 20.3. The summed E-state index contributed by atoms with van der Waals surface area (Å²) >= 11 is 1.41. The van der Waals surface area contributed by atoms with Gasteiger partial charge in [0.2, 0.25) is 0 Å². The fraction of sp³-hybridized carbons (Fsp3) is 0.259. The lowest BCUT2D eigenvalue weighted by atomic mass is 10.1. The molecule has 0 spiro atoms. The van der Waals surface area contributed by atoms with Crippen LogP contribution < -0.4 is 9.64 Å². The van der Waals surface area contributed by atoms with Crippen molar-refractivity contribution in [1.82, 2.24) is 9.47 Å². The van der Waals surface area contributed by atoms with E-state index in [4.69, 9.17) is 9.73 Å². The number of likely N-dealkylation sites (N-methyl/N-ethyl adjacent to an activating group) is 1. The van der Waals surface area contributed by atoms with E-state index in [0.717, 1.165) is 35.9 Å². The van der Waals surface area contributed by atoms with Crippen LogP contribution in [0.5, 0.6) is 5.75 Å². The smallest absolute Gasteiger partial charge is 0.266 e. The number of nitrogens with zero attached hydrogens (tertiary/aromatic N) is 4. The number of piperidine rings is 1. The molecule has 6 nitrogen and oxygen atoms in total. The van der Waals surface area contributed by atoms with Crippen LogP contribution in [0.25, 0.3) is 11.8 Å². The largest absolute Gasteiger partial charge is 0.497 e. The van der Waals surface area contributed by atoms with E-state index in [2.05, 4.69) is 21.6 Å². The van der Waals surface area contributed by atoms with Crippen molar-refractivity contribution in [3.05, 3.63) is 77.5 Å². The van der Waals surface area contributed by atoms with Gasteiger partial charge in [0.25, 0.3) is 5.91 Å². The summed E-state index contributed by atoms with van der Waals surface area (Å²) in [6, 6.07) is 20.2. The van der Waals surface area contributed by atoms with Gasteiger partial charge in [-0.05, 0) is 97.8 Å². The number of amidine groups is 1. The number of hydrogen-bond donors (Lipinski definition) is 0. The van der Waals surface area contributed by atoms with Crippen molar-refractivity contribution in [1.29, 1.82) is 0 Å². The number of ether oxygens (including phenoxy) is 1. The molecule has 174 valence electrons. The molecule has 0 unspecified atom stereocenters. The van der Waals surface area contributed by atoms with Crippen LogP contribution in [0.3, 0.4) is 0 Å². The number of aliphatic imine (C=N–C) groups is 1. The van der Waals surface area contributed by atoms with E-state index in [0.29, 0.717) is 10.1 Å². The van der Waals surface area contributed by atoms with Gasteiger partial charge in [-0.15, -0.1) is 0 Å². The molecule has 34 heavy (non-hydrogen) atoms. The van der Waals surface area contributed by atoms with Crippen molar-refractivity contribution in [3.8, 4) is 11.4 Å². The molecule has 2 aromatic carbocycles. The van der Waals surface area contributed by atoms with Crippen molar-refractivity contribution in [3.63, 3.8) is 0 Å². The van der Waals surface area contributed by atoms with Gasteiger partial charge in [0.15, 0.2) is 5.17 Å². The number of thioether (sulfide) groups is 1. The van der Waals surface area contributed by atoms with Crippen LogP contribution in [0.4, 0.5) is 11.4 Å². The van der Waals surface area contributed by atoms with Gasteiger partial charge in [-0.2, -0.15) is 0 Å². The second kappa shape index (κ2) is 9.81. The molecular weight excluding hydrogens is 444 g/mol. The maximum Gasteiger partial charge on any atom is 0.266 e.